The highest BCUT2D eigenvalue weighted by molar-refractivity contribution is 5.70. The van der Waals surface area contributed by atoms with E-state index < -0.39 is 123 Å². The quantitative estimate of drug-likeness (QED) is 0.106. The maximum Gasteiger partial charge on any atom is 0.157 e. The summed E-state index contributed by atoms with van der Waals surface area (Å²) in [7, 11) is 0. The number of hydrogen-bond donors (Lipinski definition) is 15. The number of phenols is 12. The van der Waals surface area contributed by atoms with Gasteiger partial charge in [0.15, 0.2) is 46.7 Å². The van der Waals surface area contributed by atoms with E-state index in [9.17, 15) is 76.6 Å². The fraction of sp³-hybridized carbons (Fsp3) is 0.200. The van der Waals surface area contributed by atoms with Crippen LogP contribution < -0.4 is 14.2 Å². The summed E-state index contributed by atoms with van der Waals surface area (Å²) in [4.78, 5) is 0. The first-order chi connectivity index (χ1) is 29.9. The van der Waals surface area contributed by atoms with Gasteiger partial charge >= 0.3 is 0 Å². The maximum atomic E-state index is 12.6. The van der Waals surface area contributed by atoms with Crippen LogP contribution in [0.2, 0.25) is 0 Å². The van der Waals surface area contributed by atoms with Crippen LogP contribution >= 0.6 is 0 Å². The molecule has 63 heavy (non-hydrogen) atoms. The van der Waals surface area contributed by atoms with E-state index in [1.54, 1.807) is 0 Å². The lowest BCUT2D eigenvalue weighted by molar-refractivity contribution is -0.000173. The standard InChI is InChI=1S/C45H38O18/c46-18-10-27(54)33-31(11-18)61-43(16-2-5-21(48)25(52)8-16)40(59)37(33)34-29(56)14-32-36(39(34)58)38(41(60)44(62-32)17-3-6-22(49)26(53)9-17)35-28(55)13-23(50)19-12-30(57)42(63-45(19)35)15-1-4-20(47)24(51)7-15/h1-11,13-14,30,37-38,40-44,46-60H,12H2/t30-,37+,38-,40-,41-,42-,43-,44-/m1/s1. The molecule has 0 fully saturated rings. The van der Waals surface area contributed by atoms with Crippen LogP contribution in [0.15, 0.2) is 78.9 Å². The largest absolute Gasteiger partial charge is 0.508 e. The molecular weight excluding hydrogens is 828 g/mol. The van der Waals surface area contributed by atoms with E-state index >= 15 is 0 Å². The number of aliphatic hydroxyl groups excluding tert-OH is 3. The topological polar surface area (TPSA) is 331 Å². The molecule has 0 amide bonds. The van der Waals surface area contributed by atoms with Crippen molar-refractivity contribution in [3.05, 3.63) is 123 Å². The van der Waals surface area contributed by atoms with Crippen LogP contribution in [-0.2, 0) is 6.42 Å². The first-order valence-corrected chi connectivity index (χ1v) is 19.3. The van der Waals surface area contributed by atoms with Gasteiger partial charge in [-0.1, -0.05) is 18.2 Å². The minimum Gasteiger partial charge on any atom is -0.508 e. The van der Waals surface area contributed by atoms with Crippen molar-refractivity contribution in [1.82, 2.24) is 0 Å². The number of benzene rings is 6. The van der Waals surface area contributed by atoms with Crippen LogP contribution in [0.3, 0.4) is 0 Å². The zero-order valence-electron chi connectivity index (χ0n) is 32.3. The molecule has 0 aromatic heterocycles. The van der Waals surface area contributed by atoms with E-state index in [2.05, 4.69) is 0 Å². The summed E-state index contributed by atoms with van der Waals surface area (Å²) in [5, 5.41) is 166. The van der Waals surface area contributed by atoms with Gasteiger partial charge in [0.2, 0.25) is 0 Å². The zero-order chi connectivity index (χ0) is 44.9. The number of rotatable bonds is 5. The Balaban J connectivity index is 1.29. The highest BCUT2D eigenvalue weighted by Gasteiger charge is 2.50. The summed E-state index contributed by atoms with van der Waals surface area (Å²) < 4.78 is 18.6. The molecule has 0 unspecified atom stereocenters. The Bertz CT molecular complexity index is 2840. The molecule has 3 aliphatic rings. The fourth-order valence-corrected chi connectivity index (χ4v) is 8.93. The lowest BCUT2D eigenvalue weighted by atomic mass is 9.74. The van der Waals surface area contributed by atoms with Crippen LogP contribution in [-0.4, -0.2) is 94.9 Å². The van der Waals surface area contributed by atoms with Crippen LogP contribution in [0, 0.1) is 0 Å². The van der Waals surface area contributed by atoms with Crippen LogP contribution in [0.25, 0.3) is 0 Å². The molecule has 6 aromatic carbocycles. The van der Waals surface area contributed by atoms with Gasteiger partial charge in [0.25, 0.3) is 0 Å². The Kier molecular flexibility index (Phi) is 9.46. The minimum atomic E-state index is -1.90. The van der Waals surface area contributed by atoms with Gasteiger partial charge in [-0.05, 0) is 53.1 Å². The molecule has 0 radical (unpaired) electrons. The van der Waals surface area contributed by atoms with Gasteiger partial charge in [-0.25, -0.2) is 0 Å². The molecular formula is C45H38O18. The number of ether oxygens (including phenoxy) is 3. The Morgan fingerprint density at radius 3 is 1.37 bits per heavy atom. The molecule has 18 nitrogen and oxygen atoms in total. The van der Waals surface area contributed by atoms with Crippen molar-refractivity contribution < 1.29 is 90.8 Å². The number of fused-ring (bicyclic) bond motifs is 3. The molecule has 0 spiro atoms. The van der Waals surface area contributed by atoms with Crippen LogP contribution in [0.4, 0.5) is 0 Å². The van der Waals surface area contributed by atoms with Crippen molar-refractivity contribution >= 4 is 0 Å². The summed E-state index contributed by atoms with van der Waals surface area (Å²) >= 11 is 0. The van der Waals surface area contributed by atoms with Gasteiger partial charge < -0.3 is 90.8 Å². The van der Waals surface area contributed by atoms with Crippen molar-refractivity contribution in [3.63, 3.8) is 0 Å². The molecule has 6 aromatic rings. The van der Waals surface area contributed by atoms with Crippen molar-refractivity contribution in [2.24, 2.45) is 0 Å². The first-order valence-electron chi connectivity index (χ1n) is 19.3. The average molecular weight is 867 g/mol. The van der Waals surface area contributed by atoms with Crippen LogP contribution in [0.5, 0.6) is 86.2 Å². The van der Waals surface area contributed by atoms with Gasteiger partial charge in [0, 0.05) is 58.5 Å². The average Bonchev–Trinajstić information content (AvgIpc) is 3.22. The highest BCUT2D eigenvalue weighted by Crippen LogP contribution is 2.61. The van der Waals surface area contributed by atoms with E-state index in [1.165, 1.54) is 18.2 Å². The Hall–Kier alpha value is -7.80. The lowest BCUT2D eigenvalue weighted by Crippen LogP contribution is -2.38. The third kappa shape index (κ3) is 6.46. The van der Waals surface area contributed by atoms with Crippen molar-refractivity contribution in [2.45, 2.75) is 54.9 Å². The van der Waals surface area contributed by atoms with E-state index in [1.807, 2.05) is 0 Å². The minimum absolute atomic E-state index is 0.0518. The van der Waals surface area contributed by atoms with Crippen molar-refractivity contribution in [2.75, 3.05) is 0 Å². The molecule has 326 valence electrons. The lowest BCUT2D eigenvalue weighted by Gasteiger charge is -2.42. The van der Waals surface area contributed by atoms with Crippen LogP contribution in [0.1, 0.15) is 74.7 Å². The van der Waals surface area contributed by atoms with Gasteiger partial charge in [-0.2, -0.15) is 0 Å². The molecule has 18 heteroatoms. The normalized spacial score (nSPS) is 23.6. The first kappa shape index (κ1) is 40.6. The number of hydrogen-bond acceptors (Lipinski definition) is 18. The summed E-state index contributed by atoms with van der Waals surface area (Å²) in [6.07, 6.45) is -9.81. The molecule has 15 N–H and O–H groups in total. The SMILES string of the molecule is Oc1cc(O)c2c(c1)O[C@H](c1ccc(O)c(O)c1)[C@H](O)[C@@H]2c1c(O)cc2c(c1O)[C@@H](c1c(O)cc(O)c3c1O[C@H](c1ccc(O)c(O)c1)[C@H](O)C3)[C@@H](O)[C@@H](c1ccc(O)c(O)c1)O2. The van der Waals surface area contributed by atoms with Gasteiger partial charge in [0.05, 0.1) is 17.9 Å². The Morgan fingerprint density at radius 1 is 0.381 bits per heavy atom. The third-order valence-corrected chi connectivity index (χ3v) is 11.8. The maximum absolute atomic E-state index is 12.6. The van der Waals surface area contributed by atoms with E-state index in [-0.39, 0.29) is 62.6 Å². The van der Waals surface area contributed by atoms with Gasteiger partial charge in [0.1, 0.15) is 70.1 Å². The number of aliphatic hydroxyl groups is 3. The monoisotopic (exact) mass is 866 g/mol. The summed E-state index contributed by atoms with van der Waals surface area (Å²) in [6.45, 7) is 0. The van der Waals surface area contributed by atoms with Crippen molar-refractivity contribution in [1.29, 1.82) is 0 Å². The van der Waals surface area contributed by atoms with E-state index in [0.717, 1.165) is 60.7 Å². The summed E-state index contributed by atoms with van der Waals surface area (Å²) in [5.41, 5.74) is -1.20. The fourth-order valence-electron chi connectivity index (χ4n) is 8.93. The highest BCUT2D eigenvalue weighted by atomic mass is 16.5. The Labute approximate surface area is 354 Å². The number of phenolic OH excluding ortho intramolecular Hbond substituents is 12. The molecule has 3 heterocycles. The second kappa shape index (κ2) is 14.7. The van der Waals surface area contributed by atoms with Gasteiger partial charge in [-0.15, -0.1) is 0 Å². The van der Waals surface area contributed by atoms with Crippen molar-refractivity contribution in [3.8, 4) is 86.2 Å². The van der Waals surface area contributed by atoms with E-state index in [4.69, 9.17) is 14.2 Å². The molecule has 3 aliphatic heterocycles. The summed E-state index contributed by atoms with van der Waals surface area (Å²) in [6, 6.07) is 14.6. The Morgan fingerprint density at radius 2 is 0.841 bits per heavy atom. The molecule has 0 saturated carbocycles. The molecule has 0 bridgehead atoms. The second-order valence-electron chi connectivity index (χ2n) is 15.7. The predicted octanol–water partition coefficient (Wildman–Crippen LogP) is 4.44. The molecule has 0 aliphatic carbocycles. The predicted molar refractivity (Wildman–Crippen MR) is 214 cm³/mol. The number of aromatic hydroxyl groups is 12. The van der Waals surface area contributed by atoms with Gasteiger partial charge in [-0.3, -0.25) is 0 Å². The zero-order valence-corrected chi connectivity index (χ0v) is 32.3. The molecule has 0 saturated heterocycles. The smallest absolute Gasteiger partial charge is 0.157 e. The van der Waals surface area contributed by atoms with E-state index in [0.29, 0.717) is 0 Å². The molecule has 8 atom stereocenters. The molecule has 9 rings (SSSR count). The second-order valence-corrected chi connectivity index (χ2v) is 15.7. The summed E-state index contributed by atoms with van der Waals surface area (Å²) in [5.74, 6) is -11.5. The third-order valence-electron chi connectivity index (χ3n) is 11.8.